The quantitative estimate of drug-likeness (QED) is 0.759. The lowest BCUT2D eigenvalue weighted by molar-refractivity contribution is 0.0530. The van der Waals surface area contributed by atoms with Gasteiger partial charge in [0, 0.05) is 21.8 Å². The number of hydrogen-bond acceptors (Lipinski definition) is 4. The van der Waals surface area contributed by atoms with Gasteiger partial charge in [-0.25, -0.2) is 0 Å². The van der Waals surface area contributed by atoms with Crippen LogP contribution in [-0.4, -0.2) is 23.5 Å². The lowest BCUT2D eigenvalue weighted by Crippen LogP contribution is -2.50. The van der Waals surface area contributed by atoms with Crippen molar-refractivity contribution < 1.29 is 0 Å². The van der Waals surface area contributed by atoms with Crippen molar-refractivity contribution in [1.82, 2.24) is 4.90 Å². The molecule has 2 aliphatic rings. The summed E-state index contributed by atoms with van der Waals surface area (Å²) >= 11 is 3.46. The molecule has 0 aliphatic carbocycles. The fraction of sp³-hybridized carbons (Fsp3) is 0.550. The molecular weight excluding hydrogens is 332 g/mol. The van der Waals surface area contributed by atoms with E-state index < -0.39 is 5.41 Å². The zero-order chi connectivity index (χ0) is 16.8. The number of hydrogen-bond donors (Lipinski definition) is 0. The van der Waals surface area contributed by atoms with Crippen LogP contribution in [0.15, 0.2) is 35.0 Å². The Hall–Kier alpha value is -1.15. The third kappa shape index (κ3) is 2.45. The van der Waals surface area contributed by atoms with E-state index in [4.69, 9.17) is 0 Å². The van der Waals surface area contributed by atoms with Crippen molar-refractivity contribution in [2.75, 3.05) is 13.1 Å². The molecule has 0 N–H and O–H groups in total. The average molecular weight is 357 g/mol. The van der Waals surface area contributed by atoms with Crippen molar-refractivity contribution in [2.45, 2.75) is 44.1 Å². The van der Waals surface area contributed by atoms with Gasteiger partial charge in [-0.1, -0.05) is 12.1 Å². The maximum atomic E-state index is 10.3. The second-order valence-electron chi connectivity index (χ2n) is 7.86. The summed E-state index contributed by atoms with van der Waals surface area (Å²) in [5.74, 6) is 1.38. The third-order valence-corrected chi connectivity index (χ3v) is 8.39. The number of rotatable bonds is 4. The Balaban J connectivity index is 1.66. The van der Waals surface area contributed by atoms with E-state index in [-0.39, 0.29) is 0 Å². The Morgan fingerprint density at radius 3 is 2.42 bits per heavy atom. The van der Waals surface area contributed by atoms with Gasteiger partial charge in [-0.2, -0.15) is 5.26 Å². The molecule has 4 heteroatoms. The van der Waals surface area contributed by atoms with Crippen LogP contribution in [0.25, 0.3) is 0 Å². The van der Waals surface area contributed by atoms with Crippen LogP contribution in [0.3, 0.4) is 0 Å². The highest BCUT2D eigenvalue weighted by molar-refractivity contribution is 7.11. The topological polar surface area (TPSA) is 27.0 Å². The van der Waals surface area contributed by atoms with Crippen molar-refractivity contribution >= 4 is 22.7 Å². The van der Waals surface area contributed by atoms with Gasteiger partial charge in [-0.05, 0) is 74.4 Å². The van der Waals surface area contributed by atoms with Gasteiger partial charge in [0.25, 0.3) is 0 Å². The van der Waals surface area contributed by atoms with Crippen LogP contribution in [0, 0.1) is 23.2 Å². The molecule has 126 valence electrons. The fourth-order valence-electron chi connectivity index (χ4n) is 4.83. The Morgan fingerprint density at radius 2 is 1.92 bits per heavy atom. The molecular formula is C20H24N2S2. The highest BCUT2D eigenvalue weighted by Crippen LogP contribution is 2.49. The predicted molar refractivity (Wildman–Crippen MR) is 102 cm³/mol. The Bertz CT molecular complexity index is 674. The smallest absolute Gasteiger partial charge is 0.126 e. The Morgan fingerprint density at radius 1 is 1.25 bits per heavy atom. The molecule has 2 fully saturated rings. The predicted octanol–water partition coefficient (Wildman–Crippen LogP) is 5.13. The molecule has 3 atom stereocenters. The molecule has 0 aromatic carbocycles. The van der Waals surface area contributed by atoms with Gasteiger partial charge >= 0.3 is 0 Å². The summed E-state index contributed by atoms with van der Waals surface area (Å²) in [4.78, 5) is 5.08. The average Bonchev–Trinajstić information content (AvgIpc) is 3.28. The summed E-state index contributed by atoms with van der Waals surface area (Å²) in [5, 5.41) is 14.5. The van der Waals surface area contributed by atoms with Crippen LogP contribution in [0.1, 0.15) is 42.9 Å². The fourth-order valence-corrected chi connectivity index (χ4v) is 6.70. The minimum Gasteiger partial charge on any atom is -0.298 e. The molecule has 4 heterocycles. The van der Waals surface area contributed by atoms with Crippen LogP contribution < -0.4 is 0 Å². The molecule has 2 aliphatic heterocycles. The Labute approximate surface area is 152 Å². The van der Waals surface area contributed by atoms with Gasteiger partial charge in [0.1, 0.15) is 5.41 Å². The maximum absolute atomic E-state index is 10.3. The van der Waals surface area contributed by atoms with Gasteiger partial charge in [0.2, 0.25) is 0 Å². The van der Waals surface area contributed by atoms with Crippen LogP contribution >= 0.6 is 22.7 Å². The van der Waals surface area contributed by atoms with Gasteiger partial charge in [-0.15, -0.1) is 22.7 Å². The zero-order valence-electron chi connectivity index (χ0n) is 14.4. The zero-order valence-corrected chi connectivity index (χ0v) is 16.0. The molecule has 2 aromatic heterocycles. The Kier molecular flexibility index (Phi) is 4.07. The molecule has 0 amide bonds. The van der Waals surface area contributed by atoms with E-state index in [1.807, 2.05) is 0 Å². The first kappa shape index (κ1) is 16.3. The molecule has 2 bridgehead atoms. The van der Waals surface area contributed by atoms with Crippen LogP contribution in [0.5, 0.6) is 0 Å². The minimum absolute atomic E-state index is 0.345. The van der Waals surface area contributed by atoms with Gasteiger partial charge in [0.05, 0.1) is 6.07 Å². The largest absolute Gasteiger partial charge is 0.298 e. The number of nitriles is 1. The summed E-state index contributed by atoms with van der Waals surface area (Å²) in [5.41, 5.74) is -0.118. The van der Waals surface area contributed by atoms with E-state index in [1.54, 1.807) is 22.7 Å². The summed E-state index contributed by atoms with van der Waals surface area (Å²) < 4.78 is 0. The number of fused-ring (bicyclic) bond motifs is 2. The first-order valence-electron chi connectivity index (χ1n) is 8.80. The van der Waals surface area contributed by atoms with Crippen molar-refractivity contribution in [3.8, 4) is 6.07 Å². The van der Waals surface area contributed by atoms with E-state index in [9.17, 15) is 5.26 Å². The van der Waals surface area contributed by atoms with Crippen LogP contribution in [0.4, 0.5) is 0 Å². The summed E-state index contributed by atoms with van der Waals surface area (Å²) in [6.07, 6.45) is 3.54. The molecule has 3 unspecified atom stereocenters. The lowest BCUT2D eigenvalue weighted by Gasteiger charge is -2.45. The van der Waals surface area contributed by atoms with Crippen molar-refractivity contribution in [3.63, 3.8) is 0 Å². The molecule has 0 spiro atoms. The van der Waals surface area contributed by atoms with E-state index in [0.717, 1.165) is 18.9 Å². The molecule has 2 saturated heterocycles. The third-order valence-electron chi connectivity index (χ3n) is 6.33. The molecule has 0 saturated carbocycles. The molecule has 2 aromatic rings. The lowest BCUT2D eigenvalue weighted by atomic mass is 9.71. The van der Waals surface area contributed by atoms with Crippen LogP contribution in [-0.2, 0) is 5.41 Å². The van der Waals surface area contributed by atoms with E-state index in [0.29, 0.717) is 11.5 Å². The van der Waals surface area contributed by atoms with Gasteiger partial charge in [-0.3, -0.25) is 4.90 Å². The first-order chi connectivity index (χ1) is 11.6. The second-order valence-corrected chi connectivity index (χ2v) is 9.76. The molecule has 4 rings (SSSR count). The number of nitrogens with zero attached hydrogens (tertiary/aromatic N) is 2. The van der Waals surface area contributed by atoms with E-state index >= 15 is 0 Å². The summed E-state index contributed by atoms with van der Waals surface area (Å²) in [6, 6.07) is 11.2. The number of piperidine rings is 1. The van der Waals surface area contributed by atoms with Crippen molar-refractivity contribution in [3.05, 3.63) is 44.8 Å². The second kappa shape index (κ2) is 5.98. The number of thiophene rings is 2. The maximum Gasteiger partial charge on any atom is 0.126 e. The van der Waals surface area contributed by atoms with Gasteiger partial charge < -0.3 is 0 Å². The van der Waals surface area contributed by atoms with E-state index in [1.165, 1.54) is 29.1 Å². The standard InChI is InChI=1S/C20H24N2S2/c1-19(2)16-7-8-22(19)13-15(11-16)12-20(14-21,17-5-3-9-23-17)18-6-4-10-24-18/h3-6,9-10,15-16H,7-8,11-13H2,1-2H3. The monoisotopic (exact) mass is 356 g/mol. The summed E-state index contributed by atoms with van der Waals surface area (Å²) in [7, 11) is 0. The highest BCUT2D eigenvalue weighted by atomic mass is 32.1. The minimum atomic E-state index is -0.463. The summed E-state index contributed by atoms with van der Waals surface area (Å²) in [6.45, 7) is 7.17. The van der Waals surface area contributed by atoms with Gasteiger partial charge in [0.15, 0.2) is 0 Å². The van der Waals surface area contributed by atoms with E-state index in [2.05, 4.69) is 59.8 Å². The molecule has 0 radical (unpaired) electrons. The SMILES string of the molecule is CC1(C)C2CCN1CC(CC(C#N)(c1cccs1)c1cccs1)C2. The first-order valence-corrected chi connectivity index (χ1v) is 10.6. The molecule has 2 nitrogen and oxygen atoms in total. The highest BCUT2D eigenvalue weighted by Gasteiger charge is 2.49. The van der Waals surface area contributed by atoms with Crippen molar-refractivity contribution in [2.24, 2.45) is 11.8 Å². The normalized spacial score (nSPS) is 28.6. The molecule has 24 heavy (non-hydrogen) atoms. The van der Waals surface area contributed by atoms with Crippen molar-refractivity contribution in [1.29, 1.82) is 5.26 Å². The van der Waals surface area contributed by atoms with Crippen LogP contribution in [0.2, 0.25) is 0 Å².